The van der Waals surface area contributed by atoms with E-state index in [-0.39, 0.29) is 22.9 Å². The Morgan fingerprint density at radius 2 is 2.12 bits per heavy atom. The Balaban J connectivity index is 2.08. The van der Waals surface area contributed by atoms with Crippen molar-refractivity contribution in [3.05, 3.63) is 46.4 Å². The Morgan fingerprint density at radius 3 is 2.80 bits per heavy atom. The van der Waals surface area contributed by atoms with Crippen LogP contribution in [0, 0.1) is 5.82 Å². The molecule has 1 aromatic heterocycles. The number of sulfone groups is 1. The van der Waals surface area contributed by atoms with E-state index in [1.807, 2.05) is 0 Å². The van der Waals surface area contributed by atoms with Gasteiger partial charge >= 0.3 is 0 Å². The number of alkyl halides is 2. The van der Waals surface area contributed by atoms with E-state index in [0.717, 1.165) is 17.8 Å². The molecule has 0 aliphatic carbocycles. The maximum Gasteiger partial charge on any atom is 0.264 e. The molecule has 2 aromatic rings. The molecule has 1 aromatic carbocycles. The molecule has 5 nitrogen and oxygen atoms in total. The number of nitrogens with one attached hydrogen (secondary N) is 1. The number of fused-ring (bicyclic) bond motifs is 1. The van der Waals surface area contributed by atoms with Crippen LogP contribution in [0.1, 0.15) is 35.7 Å². The molecule has 1 N–H and O–H groups in total. The first-order chi connectivity index (χ1) is 11.8. The van der Waals surface area contributed by atoms with E-state index in [1.165, 1.54) is 17.7 Å². The molecule has 0 unspecified atom stereocenters. The number of nitrogens with zero attached hydrogens (tertiary/aromatic N) is 2. The molecule has 9 heteroatoms. The van der Waals surface area contributed by atoms with Crippen LogP contribution < -0.4 is 5.32 Å². The second-order valence-corrected chi connectivity index (χ2v) is 8.06. The summed E-state index contributed by atoms with van der Waals surface area (Å²) < 4.78 is 65.7. The van der Waals surface area contributed by atoms with Crippen LogP contribution in [0.5, 0.6) is 0 Å². The van der Waals surface area contributed by atoms with Gasteiger partial charge in [0.05, 0.1) is 12.3 Å². The van der Waals surface area contributed by atoms with Gasteiger partial charge in [0.25, 0.3) is 6.43 Å². The molecule has 0 amide bonds. The molecule has 2 heterocycles. The average Bonchev–Trinajstić information content (AvgIpc) is 2.96. The summed E-state index contributed by atoms with van der Waals surface area (Å²) in [6, 6.07) is 3.21. The smallest absolute Gasteiger partial charge is 0.264 e. The minimum absolute atomic E-state index is 0.00194. The quantitative estimate of drug-likeness (QED) is 0.875. The van der Waals surface area contributed by atoms with Crippen molar-refractivity contribution < 1.29 is 21.6 Å². The van der Waals surface area contributed by atoms with E-state index < -0.39 is 27.6 Å². The summed E-state index contributed by atoms with van der Waals surface area (Å²) in [4.78, 5) is 0. The maximum absolute atomic E-state index is 13.3. The first-order valence-corrected chi connectivity index (χ1v) is 9.57. The fraction of sp³-hybridized carbons (Fsp3) is 0.438. The van der Waals surface area contributed by atoms with Crippen LogP contribution in [0.15, 0.2) is 23.2 Å². The van der Waals surface area contributed by atoms with Crippen molar-refractivity contribution >= 4 is 9.84 Å². The number of hydrogen-bond donors (Lipinski definition) is 1. The maximum atomic E-state index is 13.3. The van der Waals surface area contributed by atoms with Crippen LogP contribution in [-0.4, -0.2) is 30.5 Å². The Morgan fingerprint density at radius 1 is 1.36 bits per heavy atom. The van der Waals surface area contributed by atoms with Gasteiger partial charge in [0.15, 0.2) is 14.9 Å². The van der Waals surface area contributed by atoms with Crippen molar-refractivity contribution in [1.29, 1.82) is 0 Å². The summed E-state index contributed by atoms with van der Waals surface area (Å²) in [5, 5.41) is 7.31. The number of rotatable bonds is 5. The summed E-state index contributed by atoms with van der Waals surface area (Å²) in [5.74, 6) is -0.824. The van der Waals surface area contributed by atoms with Crippen molar-refractivity contribution in [1.82, 2.24) is 15.1 Å². The highest BCUT2D eigenvalue weighted by molar-refractivity contribution is 7.91. The van der Waals surface area contributed by atoms with Crippen LogP contribution in [0.4, 0.5) is 13.2 Å². The van der Waals surface area contributed by atoms with Gasteiger partial charge in [-0.2, -0.15) is 5.10 Å². The van der Waals surface area contributed by atoms with E-state index in [2.05, 4.69) is 10.4 Å². The zero-order chi connectivity index (χ0) is 18.2. The van der Waals surface area contributed by atoms with Crippen molar-refractivity contribution in [3.63, 3.8) is 0 Å². The molecule has 0 spiro atoms. The number of hydrogen-bond acceptors (Lipinski definition) is 4. The monoisotopic (exact) mass is 373 g/mol. The zero-order valence-corrected chi connectivity index (χ0v) is 14.4. The third-order valence-corrected chi connectivity index (χ3v) is 5.99. The van der Waals surface area contributed by atoms with Gasteiger partial charge in [0, 0.05) is 36.3 Å². The molecule has 1 aliphatic rings. The van der Waals surface area contributed by atoms with E-state index in [0.29, 0.717) is 25.1 Å². The second-order valence-electron chi connectivity index (χ2n) is 5.86. The van der Waals surface area contributed by atoms with Gasteiger partial charge in [-0.3, -0.25) is 4.68 Å². The molecule has 0 fully saturated rings. The molecule has 1 aliphatic heterocycles. The van der Waals surface area contributed by atoms with E-state index in [1.54, 1.807) is 0 Å². The SMILES string of the molecule is CCS(=O)(=O)c1nn(Cc2ccc(F)cc2C(F)F)c2c1CNCC2. The fourth-order valence-electron chi connectivity index (χ4n) is 2.98. The van der Waals surface area contributed by atoms with Gasteiger partial charge in [0.2, 0.25) is 0 Å². The van der Waals surface area contributed by atoms with Crippen LogP contribution in [0.25, 0.3) is 0 Å². The number of benzene rings is 1. The summed E-state index contributed by atoms with van der Waals surface area (Å²) in [5.41, 5.74) is 1.13. The average molecular weight is 373 g/mol. The Bertz CT molecular complexity index is 894. The second kappa shape index (κ2) is 6.80. The highest BCUT2D eigenvalue weighted by Gasteiger charge is 2.28. The molecular weight excluding hydrogens is 355 g/mol. The first kappa shape index (κ1) is 17.9. The van der Waals surface area contributed by atoms with Crippen molar-refractivity contribution in [3.8, 4) is 0 Å². The molecule has 0 radical (unpaired) electrons. The van der Waals surface area contributed by atoms with Crippen LogP contribution in [0.3, 0.4) is 0 Å². The van der Waals surface area contributed by atoms with Crippen LogP contribution in [0.2, 0.25) is 0 Å². The molecule has 25 heavy (non-hydrogen) atoms. The lowest BCUT2D eigenvalue weighted by Crippen LogP contribution is -2.25. The molecule has 0 atom stereocenters. The summed E-state index contributed by atoms with van der Waals surface area (Å²) in [7, 11) is -3.52. The summed E-state index contributed by atoms with van der Waals surface area (Å²) in [6.07, 6.45) is -2.27. The zero-order valence-electron chi connectivity index (χ0n) is 13.6. The topological polar surface area (TPSA) is 64.0 Å². The molecular formula is C16H18F3N3O2S. The number of aromatic nitrogens is 2. The van der Waals surface area contributed by atoms with E-state index >= 15 is 0 Å². The normalized spacial score (nSPS) is 14.8. The molecule has 0 saturated carbocycles. The number of halogens is 3. The molecule has 3 rings (SSSR count). The fourth-order valence-corrected chi connectivity index (χ4v) is 4.04. The Labute approximate surface area is 143 Å². The van der Waals surface area contributed by atoms with Gasteiger partial charge in [-0.1, -0.05) is 13.0 Å². The van der Waals surface area contributed by atoms with Gasteiger partial charge in [-0.25, -0.2) is 21.6 Å². The highest BCUT2D eigenvalue weighted by Crippen LogP contribution is 2.28. The predicted octanol–water partition coefficient (Wildman–Crippen LogP) is 2.45. The van der Waals surface area contributed by atoms with Gasteiger partial charge in [0.1, 0.15) is 5.82 Å². The van der Waals surface area contributed by atoms with Gasteiger partial charge in [-0.05, 0) is 17.7 Å². The van der Waals surface area contributed by atoms with Crippen molar-refractivity contribution in [2.75, 3.05) is 12.3 Å². The third-order valence-electron chi connectivity index (χ3n) is 4.31. The minimum Gasteiger partial charge on any atom is -0.312 e. The molecule has 0 bridgehead atoms. The van der Waals surface area contributed by atoms with Crippen molar-refractivity contribution in [2.45, 2.75) is 37.9 Å². The lowest BCUT2D eigenvalue weighted by atomic mass is 10.1. The van der Waals surface area contributed by atoms with Crippen LogP contribution in [-0.2, 0) is 29.3 Å². The first-order valence-electron chi connectivity index (χ1n) is 7.92. The van der Waals surface area contributed by atoms with Gasteiger partial charge < -0.3 is 5.32 Å². The van der Waals surface area contributed by atoms with E-state index in [4.69, 9.17) is 0 Å². The standard InChI is InChI=1S/C16H18F3N3O2S/c1-2-25(23,24)16-13-8-20-6-5-14(13)22(21-16)9-10-3-4-11(17)7-12(10)15(18)19/h3-4,7,15,20H,2,5-6,8-9H2,1H3. The van der Waals surface area contributed by atoms with Crippen LogP contribution >= 0.6 is 0 Å². The Kier molecular flexibility index (Phi) is 4.88. The lowest BCUT2D eigenvalue weighted by molar-refractivity contribution is 0.149. The molecule has 136 valence electrons. The van der Waals surface area contributed by atoms with E-state index in [9.17, 15) is 21.6 Å². The predicted molar refractivity (Wildman–Crippen MR) is 85.8 cm³/mol. The third kappa shape index (κ3) is 3.43. The Hall–Kier alpha value is -1.87. The summed E-state index contributed by atoms with van der Waals surface area (Å²) >= 11 is 0. The van der Waals surface area contributed by atoms with Crippen molar-refractivity contribution in [2.24, 2.45) is 0 Å². The minimum atomic E-state index is -3.52. The highest BCUT2D eigenvalue weighted by atomic mass is 32.2. The summed E-state index contributed by atoms with van der Waals surface area (Å²) in [6.45, 7) is 2.53. The van der Waals surface area contributed by atoms with Gasteiger partial charge in [-0.15, -0.1) is 0 Å². The lowest BCUT2D eigenvalue weighted by Gasteiger charge is -2.16. The molecule has 0 saturated heterocycles. The largest absolute Gasteiger partial charge is 0.312 e.